The third-order valence-electron chi connectivity index (χ3n) is 4.95. The Kier molecular flexibility index (Phi) is 6.11. The maximum Gasteiger partial charge on any atom is 0.270 e. The molecule has 2 aromatic carbocycles. The van der Waals surface area contributed by atoms with E-state index in [1.165, 1.54) is 11.8 Å². The number of hydrogen-bond donors (Lipinski definition) is 0. The number of benzene rings is 2. The highest BCUT2D eigenvalue weighted by atomic mass is 35.5. The van der Waals surface area contributed by atoms with Crippen LogP contribution in [0.15, 0.2) is 64.4 Å². The van der Waals surface area contributed by atoms with Crippen molar-refractivity contribution in [1.82, 2.24) is 4.57 Å². The van der Waals surface area contributed by atoms with Gasteiger partial charge in [-0.05, 0) is 80.3 Å². The molecule has 0 atom stereocenters. The molecule has 0 unspecified atom stereocenters. The molecule has 2 heterocycles. The lowest BCUT2D eigenvalue weighted by Crippen LogP contribution is -2.27. The molecular weight excluding hydrogens is 452 g/mol. The monoisotopic (exact) mass is 470 g/mol. The van der Waals surface area contributed by atoms with E-state index in [1.54, 1.807) is 16.7 Å². The van der Waals surface area contributed by atoms with Gasteiger partial charge in [0.05, 0.1) is 10.6 Å². The minimum Gasteiger partial charge on any atom is -0.318 e. The van der Waals surface area contributed by atoms with Gasteiger partial charge in [-0.2, -0.15) is 0 Å². The summed E-state index contributed by atoms with van der Waals surface area (Å²) < 4.78 is 2.71. The number of anilines is 1. The van der Waals surface area contributed by atoms with E-state index in [2.05, 4.69) is 24.5 Å². The number of aryl methyl sites for hydroxylation is 1. The van der Waals surface area contributed by atoms with E-state index >= 15 is 0 Å². The largest absolute Gasteiger partial charge is 0.318 e. The molecule has 0 saturated carbocycles. The van der Waals surface area contributed by atoms with Gasteiger partial charge in [0.25, 0.3) is 5.91 Å². The second-order valence-electron chi connectivity index (χ2n) is 6.86. The Labute approximate surface area is 195 Å². The first-order chi connectivity index (χ1) is 14.4. The summed E-state index contributed by atoms with van der Waals surface area (Å²) in [6.45, 7) is 4.11. The van der Waals surface area contributed by atoms with Crippen molar-refractivity contribution in [2.24, 2.45) is 0 Å². The van der Waals surface area contributed by atoms with Crippen LogP contribution in [0.2, 0.25) is 5.02 Å². The van der Waals surface area contributed by atoms with Crippen LogP contribution in [0.25, 0.3) is 11.8 Å². The number of aromatic nitrogens is 1. The molecule has 3 nitrogen and oxygen atoms in total. The molecule has 30 heavy (non-hydrogen) atoms. The third kappa shape index (κ3) is 3.97. The molecule has 0 radical (unpaired) electrons. The van der Waals surface area contributed by atoms with Crippen molar-refractivity contribution in [3.63, 3.8) is 0 Å². The first kappa shape index (κ1) is 21.2. The van der Waals surface area contributed by atoms with Crippen LogP contribution in [0.1, 0.15) is 17.0 Å². The van der Waals surface area contributed by atoms with Crippen molar-refractivity contribution in [2.75, 3.05) is 11.2 Å². The van der Waals surface area contributed by atoms with Crippen LogP contribution in [0.4, 0.5) is 5.69 Å². The second-order valence-corrected chi connectivity index (χ2v) is 9.85. The van der Waals surface area contributed by atoms with Gasteiger partial charge in [0.2, 0.25) is 0 Å². The number of amides is 1. The second kappa shape index (κ2) is 8.63. The van der Waals surface area contributed by atoms with Crippen LogP contribution in [-0.2, 0) is 4.79 Å². The summed E-state index contributed by atoms with van der Waals surface area (Å²) in [5, 5.41) is 0.704. The van der Waals surface area contributed by atoms with Gasteiger partial charge in [-0.3, -0.25) is 9.69 Å². The first-order valence-electron chi connectivity index (χ1n) is 9.26. The van der Waals surface area contributed by atoms with Gasteiger partial charge in [0.15, 0.2) is 4.32 Å². The molecule has 0 bridgehead atoms. The Balaban J connectivity index is 1.69. The molecule has 4 rings (SSSR count). The normalized spacial score (nSPS) is 15.5. The van der Waals surface area contributed by atoms with Crippen LogP contribution in [0.5, 0.6) is 0 Å². The lowest BCUT2D eigenvalue weighted by atomic mass is 10.2. The fraction of sp³-hybridized carbons (Fsp3) is 0.130. The molecule has 1 aliphatic heterocycles. The summed E-state index contributed by atoms with van der Waals surface area (Å²) in [5.41, 5.74) is 4.99. The van der Waals surface area contributed by atoms with Crippen LogP contribution >= 0.6 is 47.3 Å². The first-order valence-corrected chi connectivity index (χ1v) is 12.1. The lowest BCUT2D eigenvalue weighted by molar-refractivity contribution is -0.113. The summed E-state index contributed by atoms with van der Waals surface area (Å²) in [5.74, 6) is -0.0838. The number of rotatable bonds is 4. The van der Waals surface area contributed by atoms with E-state index in [-0.39, 0.29) is 5.91 Å². The van der Waals surface area contributed by atoms with Crippen molar-refractivity contribution >= 4 is 69.3 Å². The van der Waals surface area contributed by atoms with Crippen LogP contribution in [0.3, 0.4) is 0 Å². The summed E-state index contributed by atoms with van der Waals surface area (Å²) in [7, 11) is 0. The zero-order valence-electron chi connectivity index (χ0n) is 16.7. The lowest BCUT2D eigenvalue weighted by Gasteiger charge is -2.15. The number of thiocarbonyl (C=S) groups is 1. The summed E-state index contributed by atoms with van der Waals surface area (Å²) >= 11 is 14.5. The van der Waals surface area contributed by atoms with Gasteiger partial charge in [0, 0.05) is 27.0 Å². The van der Waals surface area contributed by atoms with Gasteiger partial charge < -0.3 is 4.57 Å². The predicted octanol–water partition coefficient (Wildman–Crippen LogP) is 6.88. The summed E-state index contributed by atoms with van der Waals surface area (Å²) in [6.07, 6.45) is 3.95. The smallest absolute Gasteiger partial charge is 0.270 e. The quantitative estimate of drug-likeness (QED) is 0.236. The Bertz CT molecular complexity index is 1180. The third-order valence-corrected chi connectivity index (χ3v) is 7.23. The van der Waals surface area contributed by atoms with Crippen molar-refractivity contribution in [1.29, 1.82) is 0 Å². The van der Waals surface area contributed by atoms with E-state index in [9.17, 15) is 4.79 Å². The van der Waals surface area contributed by atoms with Crippen molar-refractivity contribution in [2.45, 2.75) is 18.7 Å². The highest BCUT2D eigenvalue weighted by molar-refractivity contribution is 8.27. The van der Waals surface area contributed by atoms with E-state index in [4.69, 9.17) is 23.8 Å². The molecule has 1 fully saturated rings. The Morgan fingerprint density at radius 1 is 1.07 bits per heavy atom. The zero-order chi connectivity index (χ0) is 21.4. The maximum atomic E-state index is 13.2. The van der Waals surface area contributed by atoms with Crippen LogP contribution in [-0.4, -0.2) is 21.1 Å². The minimum atomic E-state index is -0.0838. The van der Waals surface area contributed by atoms with E-state index in [0.29, 0.717) is 14.2 Å². The zero-order valence-corrected chi connectivity index (χ0v) is 19.9. The highest BCUT2D eigenvalue weighted by Crippen LogP contribution is 2.37. The Morgan fingerprint density at radius 2 is 1.80 bits per heavy atom. The fourth-order valence-electron chi connectivity index (χ4n) is 3.50. The average Bonchev–Trinajstić information content (AvgIpc) is 3.17. The number of carbonyl (C=O) groups excluding carboxylic acids is 1. The van der Waals surface area contributed by atoms with E-state index in [0.717, 1.165) is 33.2 Å². The topological polar surface area (TPSA) is 25.2 Å². The predicted molar refractivity (Wildman–Crippen MR) is 134 cm³/mol. The molecule has 1 aromatic heterocycles. The molecule has 7 heteroatoms. The van der Waals surface area contributed by atoms with E-state index in [1.807, 2.05) is 60.9 Å². The molecule has 1 aliphatic rings. The van der Waals surface area contributed by atoms with Gasteiger partial charge in [-0.15, -0.1) is 11.8 Å². The van der Waals surface area contributed by atoms with Gasteiger partial charge in [-0.1, -0.05) is 41.6 Å². The average molecular weight is 471 g/mol. The van der Waals surface area contributed by atoms with Crippen molar-refractivity contribution < 1.29 is 4.79 Å². The molecule has 1 saturated heterocycles. The van der Waals surface area contributed by atoms with Gasteiger partial charge in [-0.25, -0.2) is 0 Å². The van der Waals surface area contributed by atoms with Gasteiger partial charge >= 0.3 is 0 Å². The summed E-state index contributed by atoms with van der Waals surface area (Å²) in [4.78, 5) is 16.5. The Hall–Kier alpha value is -1.99. The standard InChI is InChI=1S/C23H19ClN2OS3/c1-14-11-16(15(2)25(14)18-9-7-17(24)8-10-18)12-21-22(27)26(23(28)30-21)19-5-4-6-20(13-19)29-3/h4-13H,1-3H3/b21-12+. The molecule has 0 N–H and O–H groups in total. The van der Waals surface area contributed by atoms with Crippen LogP contribution < -0.4 is 4.90 Å². The number of thioether (sulfide) groups is 2. The molecular formula is C23H19ClN2OS3. The van der Waals surface area contributed by atoms with E-state index < -0.39 is 0 Å². The molecule has 0 spiro atoms. The SMILES string of the molecule is CSc1cccc(N2C(=O)/C(=C\c3cc(C)n(-c4ccc(Cl)cc4)c3C)SC2=S)c1. The number of carbonyl (C=O) groups is 1. The number of halogens is 1. The van der Waals surface area contributed by atoms with Crippen molar-refractivity contribution in [3.8, 4) is 5.69 Å². The molecule has 1 amide bonds. The Morgan fingerprint density at radius 3 is 2.50 bits per heavy atom. The molecule has 3 aromatic rings. The van der Waals surface area contributed by atoms with Crippen molar-refractivity contribution in [3.05, 3.63) is 81.5 Å². The maximum absolute atomic E-state index is 13.2. The van der Waals surface area contributed by atoms with Crippen LogP contribution in [0, 0.1) is 13.8 Å². The number of hydrogen-bond acceptors (Lipinski definition) is 4. The van der Waals surface area contributed by atoms with Gasteiger partial charge in [0.1, 0.15) is 0 Å². The fourth-order valence-corrected chi connectivity index (χ4v) is 5.37. The summed E-state index contributed by atoms with van der Waals surface area (Å²) in [6, 6.07) is 17.7. The molecule has 152 valence electrons. The number of nitrogens with zero attached hydrogens (tertiary/aromatic N) is 2. The molecule has 0 aliphatic carbocycles. The minimum absolute atomic E-state index is 0.0838. The highest BCUT2D eigenvalue weighted by Gasteiger charge is 2.33.